The molecule has 3 atom stereocenters. The van der Waals surface area contributed by atoms with Crippen LogP contribution in [0.1, 0.15) is 45.7 Å². The molecular formula is C15H23N3O3S. The highest BCUT2D eigenvalue weighted by molar-refractivity contribution is 7.13. The summed E-state index contributed by atoms with van der Waals surface area (Å²) in [4.78, 5) is 21.0. The van der Waals surface area contributed by atoms with Crippen molar-refractivity contribution in [2.24, 2.45) is 22.9 Å². The molecule has 1 aliphatic carbocycles. The monoisotopic (exact) mass is 325 g/mol. The summed E-state index contributed by atoms with van der Waals surface area (Å²) < 4.78 is 0. The predicted molar refractivity (Wildman–Crippen MR) is 86.9 cm³/mol. The molecule has 3 N–H and O–H groups in total. The van der Waals surface area contributed by atoms with Gasteiger partial charge in [0.25, 0.3) is 0 Å². The Kier molecular flexibility index (Phi) is 5.39. The van der Waals surface area contributed by atoms with E-state index in [0.29, 0.717) is 22.9 Å². The van der Waals surface area contributed by atoms with E-state index in [1.54, 1.807) is 5.38 Å². The molecule has 0 unspecified atom stereocenters. The van der Waals surface area contributed by atoms with Crippen LogP contribution in [-0.2, 0) is 9.63 Å². The van der Waals surface area contributed by atoms with E-state index >= 15 is 0 Å². The molecule has 0 spiro atoms. The molecule has 1 aromatic rings. The number of nitrogens with two attached hydrogens (primary N) is 1. The number of anilines is 1. The van der Waals surface area contributed by atoms with Crippen LogP contribution in [0.5, 0.6) is 0 Å². The van der Waals surface area contributed by atoms with E-state index in [1.807, 2.05) is 0 Å². The maximum absolute atomic E-state index is 11.4. The first kappa shape index (κ1) is 16.7. The van der Waals surface area contributed by atoms with Gasteiger partial charge >= 0.3 is 5.97 Å². The van der Waals surface area contributed by atoms with Gasteiger partial charge < -0.3 is 15.7 Å². The summed E-state index contributed by atoms with van der Waals surface area (Å²) in [7, 11) is 0. The fraction of sp³-hybridized carbons (Fsp3) is 0.667. The lowest BCUT2D eigenvalue weighted by molar-refractivity contribution is -0.129. The van der Waals surface area contributed by atoms with Crippen LogP contribution >= 0.6 is 11.3 Å². The van der Waals surface area contributed by atoms with Crippen molar-refractivity contribution in [3.05, 3.63) is 11.1 Å². The fourth-order valence-corrected chi connectivity index (χ4v) is 3.50. The number of carbonyl (C=O) groups is 1. The Morgan fingerprint density at radius 3 is 2.82 bits per heavy atom. The number of carboxylic acids is 1. The average molecular weight is 325 g/mol. The number of aromatic nitrogens is 1. The number of hydrogen-bond donors (Lipinski definition) is 2. The number of carboxylic acid groups (broad SMARTS) is 1. The molecule has 1 saturated carbocycles. The molecule has 0 bridgehead atoms. The highest BCUT2D eigenvalue weighted by Gasteiger charge is 2.33. The van der Waals surface area contributed by atoms with Gasteiger partial charge in [0.1, 0.15) is 11.8 Å². The number of nitrogen functional groups attached to an aromatic ring is 1. The first-order valence-electron chi connectivity index (χ1n) is 7.57. The van der Waals surface area contributed by atoms with Crippen LogP contribution in [0.3, 0.4) is 0 Å². The minimum Gasteiger partial charge on any atom is -0.476 e. The molecule has 6 nitrogen and oxygen atoms in total. The Morgan fingerprint density at radius 2 is 2.27 bits per heavy atom. The Hall–Kier alpha value is -1.63. The smallest absolute Gasteiger partial charge is 0.360 e. The zero-order valence-corrected chi connectivity index (χ0v) is 14.0. The van der Waals surface area contributed by atoms with E-state index in [0.717, 1.165) is 12.8 Å². The third-order valence-corrected chi connectivity index (χ3v) is 4.88. The molecule has 0 saturated heterocycles. The standard InChI is InChI=1S/C15H23N3O3S/c1-8(2)10-5-4-9(3)6-12(10)21-18-13(14(19)20)11-7-22-15(16)17-11/h7-10,12H,4-6H2,1-3H3,(H2,16,17)(H,19,20)/t9-,10+,12+/m1/s1. The minimum atomic E-state index is -1.16. The Balaban J connectivity index is 2.16. The van der Waals surface area contributed by atoms with E-state index in [9.17, 15) is 9.90 Å². The summed E-state index contributed by atoms with van der Waals surface area (Å²) in [6, 6.07) is 0. The van der Waals surface area contributed by atoms with Gasteiger partial charge in [-0.3, -0.25) is 0 Å². The second-order valence-electron chi connectivity index (χ2n) is 6.29. The van der Waals surface area contributed by atoms with Gasteiger partial charge in [0.15, 0.2) is 5.13 Å². The van der Waals surface area contributed by atoms with Crippen molar-refractivity contribution in [1.29, 1.82) is 0 Å². The molecular weight excluding hydrogens is 302 g/mol. The van der Waals surface area contributed by atoms with Gasteiger partial charge in [-0.25, -0.2) is 9.78 Å². The average Bonchev–Trinajstić information content (AvgIpc) is 2.84. The van der Waals surface area contributed by atoms with Crippen molar-refractivity contribution in [2.75, 3.05) is 5.73 Å². The molecule has 22 heavy (non-hydrogen) atoms. The second-order valence-corrected chi connectivity index (χ2v) is 7.18. The molecule has 7 heteroatoms. The van der Waals surface area contributed by atoms with Crippen molar-refractivity contribution in [3.8, 4) is 0 Å². The molecule has 1 aliphatic rings. The summed E-state index contributed by atoms with van der Waals surface area (Å²) in [6.07, 6.45) is 3.12. The molecule has 2 rings (SSSR count). The van der Waals surface area contributed by atoms with Crippen LogP contribution in [-0.4, -0.2) is 27.9 Å². The van der Waals surface area contributed by atoms with Crippen LogP contribution in [0.25, 0.3) is 0 Å². The fourth-order valence-electron chi connectivity index (χ4n) is 2.95. The van der Waals surface area contributed by atoms with E-state index < -0.39 is 5.97 Å². The van der Waals surface area contributed by atoms with Crippen LogP contribution in [0.4, 0.5) is 5.13 Å². The number of nitrogens with zero attached hydrogens (tertiary/aromatic N) is 2. The van der Waals surface area contributed by atoms with Crippen molar-refractivity contribution in [2.45, 2.75) is 46.1 Å². The molecule has 0 amide bonds. The second kappa shape index (κ2) is 7.09. The number of aliphatic carboxylic acids is 1. The molecule has 1 aromatic heterocycles. The van der Waals surface area contributed by atoms with Crippen LogP contribution < -0.4 is 5.73 Å². The lowest BCUT2D eigenvalue weighted by atomic mass is 9.75. The normalized spacial score (nSPS) is 26.2. The van der Waals surface area contributed by atoms with E-state index in [2.05, 4.69) is 30.9 Å². The van der Waals surface area contributed by atoms with Crippen LogP contribution in [0.2, 0.25) is 0 Å². The third kappa shape index (κ3) is 3.97. The van der Waals surface area contributed by atoms with Crippen LogP contribution in [0.15, 0.2) is 10.5 Å². The lowest BCUT2D eigenvalue weighted by Crippen LogP contribution is -2.33. The maximum atomic E-state index is 11.4. The van der Waals surface area contributed by atoms with E-state index in [-0.39, 0.29) is 17.5 Å². The summed E-state index contributed by atoms with van der Waals surface area (Å²) in [6.45, 7) is 6.52. The number of thiazole rings is 1. The van der Waals surface area contributed by atoms with Gasteiger partial charge in [-0.15, -0.1) is 11.3 Å². The quantitative estimate of drug-likeness (QED) is 0.640. The Bertz CT molecular complexity index is 556. The molecule has 122 valence electrons. The van der Waals surface area contributed by atoms with Crippen LogP contribution in [0, 0.1) is 17.8 Å². The number of hydrogen-bond acceptors (Lipinski definition) is 6. The minimum absolute atomic E-state index is 0.0471. The third-order valence-electron chi connectivity index (χ3n) is 4.21. The molecule has 0 aliphatic heterocycles. The lowest BCUT2D eigenvalue weighted by Gasteiger charge is -2.35. The SMILES string of the molecule is CC(C)[C@@H]1CC[C@@H](C)C[C@@H]1ON=C(C(=O)O)c1csc(N)n1. The van der Waals surface area contributed by atoms with Gasteiger partial charge in [0.2, 0.25) is 5.71 Å². The van der Waals surface area contributed by atoms with Crippen molar-refractivity contribution in [3.63, 3.8) is 0 Å². The predicted octanol–water partition coefficient (Wildman–Crippen LogP) is 2.99. The van der Waals surface area contributed by atoms with Crippen molar-refractivity contribution in [1.82, 2.24) is 4.98 Å². The number of rotatable bonds is 5. The highest BCUT2D eigenvalue weighted by Crippen LogP contribution is 2.35. The molecule has 0 radical (unpaired) electrons. The topological polar surface area (TPSA) is 97.8 Å². The van der Waals surface area contributed by atoms with Crippen molar-refractivity contribution >= 4 is 28.1 Å². The summed E-state index contributed by atoms with van der Waals surface area (Å²) in [5, 5.41) is 15.1. The molecule has 1 heterocycles. The summed E-state index contributed by atoms with van der Waals surface area (Å²) in [5.41, 5.74) is 5.62. The van der Waals surface area contributed by atoms with Gasteiger partial charge in [-0.1, -0.05) is 32.3 Å². The maximum Gasteiger partial charge on any atom is 0.360 e. The Labute approximate surface area is 134 Å². The van der Waals surface area contributed by atoms with E-state index in [1.165, 1.54) is 17.8 Å². The summed E-state index contributed by atoms with van der Waals surface area (Å²) in [5.74, 6) is 0.292. The van der Waals surface area contributed by atoms with Gasteiger partial charge in [-0.05, 0) is 24.7 Å². The molecule has 1 fully saturated rings. The van der Waals surface area contributed by atoms with Gasteiger partial charge in [0.05, 0.1) is 0 Å². The first-order valence-corrected chi connectivity index (χ1v) is 8.45. The first-order chi connectivity index (χ1) is 10.4. The zero-order valence-electron chi connectivity index (χ0n) is 13.2. The van der Waals surface area contributed by atoms with Crippen molar-refractivity contribution < 1.29 is 14.7 Å². The largest absolute Gasteiger partial charge is 0.476 e. The summed E-state index contributed by atoms with van der Waals surface area (Å²) >= 11 is 1.18. The highest BCUT2D eigenvalue weighted by atomic mass is 32.1. The van der Waals surface area contributed by atoms with Gasteiger partial charge in [-0.2, -0.15) is 0 Å². The molecule has 0 aromatic carbocycles. The van der Waals surface area contributed by atoms with E-state index in [4.69, 9.17) is 10.6 Å². The van der Waals surface area contributed by atoms with Gasteiger partial charge in [0, 0.05) is 11.3 Å². The Morgan fingerprint density at radius 1 is 1.55 bits per heavy atom. The zero-order chi connectivity index (χ0) is 16.3. The number of oxime groups is 1.